The molecule has 0 saturated carbocycles. The minimum Gasteiger partial charge on any atom is -0.461 e. The first-order valence-corrected chi connectivity index (χ1v) is 17.2. The molecule has 13 heteroatoms. The molecule has 5 aromatic rings. The normalized spacial score (nSPS) is 18.0. The van der Waals surface area contributed by atoms with Crippen LogP contribution in [0.3, 0.4) is 0 Å². The summed E-state index contributed by atoms with van der Waals surface area (Å²) in [5, 5.41) is 1.21. The number of rotatable bonds is 7. The van der Waals surface area contributed by atoms with Crippen LogP contribution in [0.5, 0.6) is 11.8 Å². The van der Waals surface area contributed by atoms with Crippen LogP contribution in [0.2, 0.25) is 0 Å². The van der Waals surface area contributed by atoms with Gasteiger partial charge in [-0.25, -0.2) is 8.78 Å². The van der Waals surface area contributed by atoms with Crippen molar-refractivity contribution in [3.8, 4) is 23.0 Å². The van der Waals surface area contributed by atoms with Gasteiger partial charge in [0.2, 0.25) is 0 Å². The number of piperidine rings is 1. The molecule has 0 aliphatic carbocycles. The Morgan fingerprint density at radius 2 is 1.61 bits per heavy atom. The second-order valence-electron chi connectivity index (χ2n) is 13.6. The molecule has 264 valence electrons. The molecule has 3 aromatic carbocycles. The number of nitrogens with zero attached hydrogens (tertiary/aromatic N) is 5. The predicted octanol–water partition coefficient (Wildman–Crippen LogP) is 7.97. The Morgan fingerprint density at radius 3 is 2.31 bits per heavy atom. The van der Waals surface area contributed by atoms with Crippen LogP contribution >= 0.6 is 0 Å². The molecule has 0 spiro atoms. The van der Waals surface area contributed by atoms with Crippen LogP contribution in [-0.4, -0.2) is 64.1 Å². The highest BCUT2D eigenvalue weighted by Crippen LogP contribution is 2.40. The van der Waals surface area contributed by atoms with Crippen LogP contribution in [-0.2, 0) is 11.0 Å². The summed E-state index contributed by atoms with van der Waals surface area (Å²) in [7, 11) is 0. The van der Waals surface area contributed by atoms with Crippen LogP contribution < -0.4 is 14.4 Å². The van der Waals surface area contributed by atoms with Gasteiger partial charge in [0.1, 0.15) is 35.2 Å². The molecule has 3 fully saturated rings. The van der Waals surface area contributed by atoms with E-state index < -0.39 is 35.3 Å². The van der Waals surface area contributed by atoms with Gasteiger partial charge in [0.15, 0.2) is 5.82 Å². The quantitative estimate of drug-likeness (QED) is 0.0960. The zero-order valence-corrected chi connectivity index (χ0v) is 27.6. The summed E-state index contributed by atoms with van der Waals surface area (Å²) in [5.41, 5.74) is -0.695. The van der Waals surface area contributed by atoms with Crippen molar-refractivity contribution in [2.45, 2.75) is 50.2 Å². The van der Waals surface area contributed by atoms with Gasteiger partial charge in [0, 0.05) is 30.2 Å². The number of esters is 1. The topological polar surface area (TPSA) is 80.7 Å². The Labute approximate surface area is 290 Å². The van der Waals surface area contributed by atoms with Crippen molar-refractivity contribution >= 4 is 33.5 Å². The van der Waals surface area contributed by atoms with E-state index >= 15 is 8.78 Å². The number of benzene rings is 3. The van der Waals surface area contributed by atoms with E-state index in [4.69, 9.17) is 14.5 Å². The third kappa shape index (κ3) is 6.21. The number of pyridine rings is 1. The molecule has 0 unspecified atom stereocenters. The number of carbonyl (C=O) groups excluding carboxylic acids is 1. The van der Waals surface area contributed by atoms with Gasteiger partial charge < -0.3 is 14.4 Å². The molecule has 8 nitrogen and oxygen atoms in total. The standard InChI is InChI=1S/C38H34F5N5O3/c39-29-8-2-6-23-5-1-7-27(30(23)29)32-31(40)33-28(21-44-32)34(46-36(45-33)50-22-37-15-3-17-48(37)18-4-16-37)47-19-13-24(14-20-47)35(49)51-26-11-9-25(10-12-26)38(41,42)43/h1-2,5-12,21,24H,3-4,13-20,22H2. The first-order chi connectivity index (χ1) is 24.6. The number of hydrogen-bond acceptors (Lipinski definition) is 8. The SMILES string of the molecule is O=C(Oc1ccc(C(F)(F)F)cc1)C1CCN(c2nc(OCC34CCCN3CCC4)nc3c(F)c(-c4cccc5cccc(F)c45)ncc23)CC1. The second kappa shape index (κ2) is 13.0. The third-order valence-corrected chi connectivity index (χ3v) is 10.6. The summed E-state index contributed by atoms with van der Waals surface area (Å²) in [6, 6.07) is 13.8. The maximum Gasteiger partial charge on any atom is 0.416 e. The average Bonchev–Trinajstić information content (AvgIpc) is 3.72. The number of aromatic nitrogens is 3. The lowest BCUT2D eigenvalue weighted by atomic mass is 9.95. The van der Waals surface area contributed by atoms with Crippen molar-refractivity contribution in [1.82, 2.24) is 19.9 Å². The molecule has 8 rings (SSSR count). The molecule has 3 aliphatic heterocycles. The van der Waals surface area contributed by atoms with E-state index in [9.17, 15) is 18.0 Å². The zero-order chi connectivity index (χ0) is 35.3. The van der Waals surface area contributed by atoms with Crippen molar-refractivity contribution in [3.05, 3.63) is 84.1 Å². The molecule has 3 aliphatic rings. The summed E-state index contributed by atoms with van der Waals surface area (Å²) >= 11 is 0. The van der Waals surface area contributed by atoms with Crippen LogP contribution in [0, 0.1) is 17.6 Å². The van der Waals surface area contributed by atoms with E-state index in [1.54, 1.807) is 30.3 Å². The van der Waals surface area contributed by atoms with E-state index in [2.05, 4.69) is 14.9 Å². The lowest BCUT2D eigenvalue weighted by Crippen LogP contribution is -2.43. The summed E-state index contributed by atoms with van der Waals surface area (Å²) in [6.45, 7) is 3.09. The fourth-order valence-corrected chi connectivity index (χ4v) is 7.91. The van der Waals surface area contributed by atoms with E-state index in [0.29, 0.717) is 54.7 Å². The van der Waals surface area contributed by atoms with Crippen molar-refractivity contribution in [1.29, 1.82) is 0 Å². The minimum absolute atomic E-state index is 0.00983. The maximum atomic E-state index is 16.7. The first kappa shape index (κ1) is 33.2. The lowest BCUT2D eigenvalue weighted by Gasteiger charge is -2.33. The highest BCUT2D eigenvalue weighted by Gasteiger charge is 2.45. The summed E-state index contributed by atoms with van der Waals surface area (Å²) < 4.78 is 82.4. The van der Waals surface area contributed by atoms with Crippen LogP contribution in [0.15, 0.2) is 66.9 Å². The number of ether oxygens (including phenoxy) is 2. The van der Waals surface area contributed by atoms with E-state index in [1.165, 1.54) is 12.3 Å². The van der Waals surface area contributed by atoms with Gasteiger partial charge in [-0.05, 0) is 87.3 Å². The first-order valence-electron chi connectivity index (χ1n) is 17.2. The number of fused-ring (bicyclic) bond motifs is 3. The van der Waals surface area contributed by atoms with Crippen LogP contribution in [0.25, 0.3) is 32.9 Å². The molecule has 0 atom stereocenters. The molecule has 0 bridgehead atoms. The lowest BCUT2D eigenvalue weighted by molar-refractivity contribution is -0.139. The molecule has 0 N–H and O–H groups in total. The summed E-state index contributed by atoms with van der Waals surface area (Å²) in [6.07, 6.45) is 1.88. The van der Waals surface area contributed by atoms with Crippen molar-refractivity contribution in [2.24, 2.45) is 5.92 Å². The second-order valence-corrected chi connectivity index (χ2v) is 13.6. The zero-order valence-electron chi connectivity index (χ0n) is 27.6. The largest absolute Gasteiger partial charge is 0.461 e. The number of hydrogen-bond donors (Lipinski definition) is 0. The molecule has 0 amide bonds. The average molecular weight is 704 g/mol. The van der Waals surface area contributed by atoms with Crippen molar-refractivity contribution in [3.63, 3.8) is 0 Å². The Bertz CT molecular complexity index is 2100. The van der Waals surface area contributed by atoms with Crippen LogP contribution in [0.1, 0.15) is 44.1 Å². The van der Waals surface area contributed by atoms with E-state index in [0.717, 1.165) is 63.0 Å². The summed E-state index contributed by atoms with van der Waals surface area (Å²) in [5.74, 6) is -1.84. The molecular formula is C38H34F5N5O3. The Morgan fingerprint density at radius 1 is 0.902 bits per heavy atom. The fourth-order valence-electron chi connectivity index (χ4n) is 7.91. The van der Waals surface area contributed by atoms with Crippen LogP contribution in [0.4, 0.5) is 27.8 Å². The molecule has 5 heterocycles. The molecule has 0 radical (unpaired) electrons. The van der Waals surface area contributed by atoms with Gasteiger partial charge in [-0.15, -0.1) is 0 Å². The number of alkyl halides is 3. The van der Waals surface area contributed by atoms with Gasteiger partial charge in [-0.1, -0.05) is 30.3 Å². The predicted molar refractivity (Wildman–Crippen MR) is 180 cm³/mol. The number of anilines is 1. The summed E-state index contributed by atoms with van der Waals surface area (Å²) in [4.78, 5) is 31.2. The van der Waals surface area contributed by atoms with Crippen molar-refractivity contribution in [2.75, 3.05) is 37.7 Å². The van der Waals surface area contributed by atoms with Gasteiger partial charge in [-0.2, -0.15) is 23.1 Å². The maximum absolute atomic E-state index is 16.7. The number of carbonyl (C=O) groups is 1. The third-order valence-electron chi connectivity index (χ3n) is 10.6. The fraction of sp³-hybridized carbons (Fsp3) is 0.368. The van der Waals surface area contributed by atoms with Gasteiger partial charge in [-0.3, -0.25) is 14.7 Å². The van der Waals surface area contributed by atoms with Crippen molar-refractivity contribution < 1.29 is 36.2 Å². The van der Waals surface area contributed by atoms with E-state index in [1.807, 2.05) is 4.90 Å². The van der Waals surface area contributed by atoms with Gasteiger partial charge in [0.05, 0.1) is 22.4 Å². The minimum atomic E-state index is -4.49. The molecule has 2 aromatic heterocycles. The monoisotopic (exact) mass is 703 g/mol. The smallest absolute Gasteiger partial charge is 0.416 e. The Kier molecular flexibility index (Phi) is 8.48. The Balaban J connectivity index is 1.09. The highest BCUT2D eigenvalue weighted by molar-refractivity contribution is 5.99. The Hall–Kier alpha value is -4.91. The molecule has 51 heavy (non-hydrogen) atoms. The van der Waals surface area contributed by atoms with E-state index in [-0.39, 0.29) is 33.9 Å². The van der Waals surface area contributed by atoms with Gasteiger partial charge in [0.25, 0.3) is 0 Å². The highest BCUT2D eigenvalue weighted by atomic mass is 19.4. The van der Waals surface area contributed by atoms with Gasteiger partial charge >= 0.3 is 18.2 Å². The number of halogens is 5. The molecule has 3 saturated heterocycles. The molecular weight excluding hydrogens is 669 g/mol.